The van der Waals surface area contributed by atoms with Crippen molar-refractivity contribution in [3.8, 4) is 0 Å². The highest BCUT2D eigenvalue weighted by atomic mass is 16.5. The highest BCUT2D eigenvalue weighted by Crippen LogP contribution is 2.16. The van der Waals surface area contributed by atoms with Crippen LogP contribution < -0.4 is 5.32 Å². The number of carbonyl (C=O) groups is 3. The summed E-state index contributed by atoms with van der Waals surface area (Å²) in [4.78, 5) is 42.2. The molecule has 2 heterocycles. The third-order valence-corrected chi connectivity index (χ3v) is 5.29. The number of amides is 3. The first-order chi connectivity index (χ1) is 12.4. The van der Waals surface area contributed by atoms with Crippen LogP contribution in [0, 0.1) is 5.92 Å². The lowest BCUT2D eigenvalue weighted by Crippen LogP contribution is -2.48. The van der Waals surface area contributed by atoms with Crippen LogP contribution in [0.5, 0.6) is 0 Å². The molecule has 0 saturated carbocycles. The van der Waals surface area contributed by atoms with Crippen LogP contribution in [0.25, 0.3) is 0 Å². The molecule has 2 rings (SSSR count). The topological polar surface area (TPSA) is 82.2 Å². The summed E-state index contributed by atoms with van der Waals surface area (Å²) in [5, 5.41) is 2.50. The fourth-order valence-corrected chi connectivity index (χ4v) is 3.47. The third-order valence-electron chi connectivity index (χ3n) is 5.29. The van der Waals surface area contributed by atoms with Crippen LogP contribution in [0.2, 0.25) is 0 Å². The minimum atomic E-state index is -0.639. The number of likely N-dealkylation sites (tertiary alicyclic amines) is 1. The molecule has 0 aromatic carbocycles. The molecule has 2 fully saturated rings. The zero-order valence-electron chi connectivity index (χ0n) is 16.2. The van der Waals surface area contributed by atoms with Crippen LogP contribution in [0.3, 0.4) is 0 Å². The summed E-state index contributed by atoms with van der Waals surface area (Å²) in [5.74, 6) is 0.754. The first-order valence-electron chi connectivity index (χ1n) is 9.54. The number of nitrogens with zero attached hydrogens (tertiary/aromatic N) is 3. The molecule has 8 nitrogen and oxygen atoms in total. The molecule has 148 valence electrons. The maximum absolute atomic E-state index is 12.6. The molecule has 26 heavy (non-hydrogen) atoms. The number of hydrogen-bond donors (Lipinski definition) is 1. The summed E-state index contributed by atoms with van der Waals surface area (Å²) in [6.45, 7) is 8.66. The second-order valence-electron chi connectivity index (χ2n) is 7.38. The molecule has 1 N–H and O–H groups in total. The lowest BCUT2D eigenvalue weighted by molar-refractivity contribution is -0.135. The van der Waals surface area contributed by atoms with Gasteiger partial charge in [-0.2, -0.15) is 0 Å². The number of rotatable bonds is 4. The molecule has 2 saturated heterocycles. The molecule has 8 heteroatoms. The smallest absolute Gasteiger partial charge is 0.407 e. The van der Waals surface area contributed by atoms with E-state index >= 15 is 0 Å². The van der Waals surface area contributed by atoms with E-state index in [1.807, 2.05) is 4.90 Å². The van der Waals surface area contributed by atoms with E-state index in [4.69, 9.17) is 0 Å². The summed E-state index contributed by atoms with van der Waals surface area (Å²) < 4.78 is 4.53. The molecule has 2 aliphatic heterocycles. The van der Waals surface area contributed by atoms with Gasteiger partial charge in [-0.15, -0.1) is 0 Å². The van der Waals surface area contributed by atoms with E-state index in [2.05, 4.69) is 21.9 Å². The van der Waals surface area contributed by atoms with Gasteiger partial charge in [0.1, 0.15) is 6.04 Å². The van der Waals surface area contributed by atoms with E-state index in [1.165, 1.54) is 7.11 Å². The normalized spacial score (nSPS) is 21.0. The summed E-state index contributed by atoms with van der Waals surface area (Å²) in [6.07, 6.45) is 2.44. The maximum atomic E-state index is 12.6. The van der Waals surface area contributed by atoms with E-state index in [9.17, 15) is 14.4 Å². The van der Waals surface area contributed by atoms with Gasteiger partial charge in [0.2, 0.25) is 11.8 Å². The highest BCUT2D eigenvalue weighted by Gasteiger charge is 2.27. The van der Waals surface area contributed by atoms with Crippen LogP contribution in [0.1, 0.15) is 33.1 Å². The van der Waals surface area contributed by atoms with Crippen molar-refractivity contribution in [3.63, 3.8) is 0 Å². The molecule has 0 aliphatic carbocycles. The van der Waals surface area contributed by atoms with Crippen molar-refractivity contribution in [2.75, 3.05) is 52.9 Å². The monoisotopic (exact) mass is 368 g/mol. The molecule has 0 aromatic rings. The van der Waals surface area contributed by atoms with E-state index in [-0.39, 0.29) is 11.8 Å². The van der Waals surface area contributed by atoms with Gasteiger partial charge in [-0.25, -0.2) is 4.79 Å². The molecular formula is C18H32N4O4. The number of alkyl carbamates (subject to hydrolysis) is 1. The van der Waals surface area contributed by atoms with Crippen molar-refractivity contribution in [1.82, 2.24) is 20.0 Å². The van der Waals surface area contributed by atoms with Gasteiger partial charge < -0.3 is 19.9 Å². The van der Waals surface area contributed by atoms with Crippen LogP contribution in [0.15, 0.2) is 0 Å². The first-order valence-corrected chi connectivity index (χ1v) is 9.54. The number of carbonyl (C=O) groups excluding carboxylic acids is 3. The Morgan fingerprint density at radius 3 is 2.31 bits per heavy atom. The first kappa shape index (κ1) is 20.5. The molecule has 1 atom stereocenters. The molecular weight excluding hydrogens is 336 g/mol. The van der Waals surface area contributed by atoms with Gasteiger partial charge in [0.05, 0.1) is 13.7 Å². The van der Waals surface area contributed by atoms with Gasteiger partial charge in [0, 0.05) is 26.2 Å². The zero-order chi connectivity index (χ0) is 19.1. The van der Waals surface area contributed by atoms with Gasteiger partial charge in [-0.3, -0.25) is 14.5 Å². The number of ether oxygens (including phenoxy) is 1. The van der Waals surface area contributed by atoms with Gasteiger partial charge in [-0.05, 0) is 45.2 Å². The Morgan fingerprint density at radius 2 is 1.65 bits per heavy atom. The number of nitrogens with one attached hydrogen (secondary N) is 1. The van der Waals surface area contributed by atoms with Crippen molar-refractivity contribution in [2.24, 2.45) is 5.92 Å². The molecule has 1 unspecified atom stereocenters. The van der Waals surface area contributed by atoms with Crippen molar-refractivity contribution in [1.29, 1.82) is 0 Å². The largest absolute Gasteiger partial charge is 0.453 e. The minimum Gasteiger partial charge on any atom is -0.453 e. The van der Waals surface area contributed by atoms with Crippen LogP contribution in [-0.4, -0.2) is 91.6 Å². The van der Waals surface area contributed by atoms with Crippen molar-refractivity contribution in [2.45, 2.75) is 39.2 Å². The van der Waals surface area contributed by atoms with Crippen LogP contribution >= 0.6 is 0 Å². The van der Waals surface area contributed by atoms with Gasteiger partial charge in [0.25, 0.3) is 0 Å². The van der Waals surface area contributed by atoms with E-state index in [0.717, 1.165) is 38.3 Å². The molecule has 3 amide bonds. The standard InChI is InChI=1S/C18H32N4O4/c1-14-5-9-20(10-6-14)13-16(23)21-7-4-8-22(12-11-21)17(24)15(2)19-18(25)26-3/h14-15H,4-13H2,1-3H3,(H,19,25). The summed E-state index contributed by atoms with van der Waals surface area (Å²) in [6, 6.07) is -0.639. The number of piperidine rings is 1. The number of hydrogen-bond acceptors (Lipinski definition) is 5. The molecule has 0 bridgehead atoms. The fourth-order valence-electron chi connectivity index (χ4n) is 3.47. The van der Waals surface area contributed by atoms with Crippen molar-refractivity contribution in [3.05, 3.63) is 0 Å². The SMILES string of the molecule is COC(=O)NC(C)C(=O)N1CCCN(C(=O)CN2CCC(C)CC2)CC1. The fraction of sp³-hybridized carbons (Fsp3) is 0.833. The molecule has 0 radical (unpaired) electrons. The van der Waals surface area contributed by atoms with Crippen LogP contribution in [0.4, 0.5) is 4.79 Å². The molecule has 0 spiro atoms. The number of methoxy groups -OCH3 is 1. The Labute approximate surface area is 155 Å². The van der Waals surface area contributed by atoms with Crippen LogP contribution in [-0.2, 0) is 14.3 Å². The van der Waals surface area contributed by atoms with Crippen molar-refractivity contribution < 1.29 is 19.1 Å². The Bertz CT molecular complexity index is 505. The lowest BCUT2D eigenvalue weighted by atomic mass is 9.99. The second kappa shape index (κ2) is 9.75. The Kier molecular flexibility index (Phi) is 7.68. The average Bonchev–Trinajstić information content (AvgIpc) is 2.89. The van der Waals surface area contributed by atoms with Gasteiger partial charge >= 0.3 is 6.09 Å². The zero-order valence-corrected chi connectivity index (χ0v) is 16.2. The summed E-state index contributed by atoms with van der Waals surface area (Å²) >= 11 is 0. The predicted molar refractivity (Wildman–Crippen MR) is 97.6 cm³/mol. The predicted octanol–water partition coefficient (Wildman–Crippen LogP) is 0.524. The lowest BCUT2D eigenvalue weighted by Gasteiger charge is -2.31. The van der Waals surface area contributed by atoms with Crippen molar-refractivity contribution >= 4 is 17.9 Å². The maximum Gasteiger partial charge on any atom is 0.407 e. The van der Waals surface area contributed by atoms with E-state index in [1.54, 1.807) is 11.8 Å². The summed E-state index contributed by atoms with van der Waals surface area (Å²) in [5.41, 5.74) is 0. The highest BCUT2D eigenvalue weighted by molar-refractivity contribution is 5.85. The Hall–Kier alpha value is -1.83. The Balaban J connectivity index is 1.80. The summed E-state index contributed by atoms with van der Waals surface area (Å²) in [7, 11) is 1.27. The van der Waals surface area contributed by atoms with E-state index < -0.39 is 12.1 Å². The quantitative estimate of drug-likeness (QED) is 0.782. The average molecular weight is 368 g/mol. The minimum absolute atomic E-state index is 0.144. The molecule has 2 aliphatic rings. The van der Waals surface area contributed by atoms with Gasteiger partial charge in [0.15, 0.2) is 0 Å². The third kappa shape index (κ3) is 5.86. The molecule has 0 aromatic heterocycles. The van der Waals surface area contributed by atoms with Gasteiger partial charge in [-0.1, -0.05) is 6.92 Å². The Morgan fingerprint density at radius 1 is 1.04 bits per heavy atom. The second-order valence-corrected chi connectivity index (χ2v) is 7.38. The van der Waals surface area contributed by atoms with E-state index in [0.29, 0.717) is 32.7 Å².